The second-order valence-corrected chi connectivity index (χ2v) is 11.2. The zero-order valence-electron chi connectivity index (χ0n) is 23.4. The lowest BCUT2D eigenvalue weighted by Crippen LogP contribution is -1.98. The SMILES string of the molecule is c1cc(-c2cccc3c2-c2ccccc2-c2ccccc2-c2ccccc2-3)cc(-c2cccc3c2oc2ccccc23)c1. The van der Waals surface area contributed by atoms with Crippen molar-refractivity contribution in [3.63, 3.8) is 0 Å². The van der Waals surface area contributed by atoms with E-state index < -0.39 is 0 Å². The minimum atomic E-state index is 0.918. The van der Waals surface area contributed by atoms with E-state index in [1.54, 1.807) is 0 Å². The Morgan fingerprint density at radius 1 is 0.302 bits per heavy atom. The maximum atomic E-state index is 6.42. The minimum absolute atomic E-state index is 0.918. The van der Waals surface area contributed by atoms with Crippen molar-refractivity contribution >= 4 is 21.9 Å². The molecule has 1 nitrogen and oxygen atoms in total. The molecule has 43 heavy (non-hydrogen) atoms. The first-order valence-corrected chi connectivity index (χ1v) is 14.8. The van der Waals surface area contributed by atoms with Gasteiger partial charge in [0.15, 0.2) is 0 Å². The Bertz CT molecular complexity index is 2350. The van der Waals surface area contributed by atoms with Crippen LogP contribution in [-0.2, 0) is 0 Å². The average molecular weight is 547 g/mol. The highest BCUT2D eigenvalue weighted by Crippen LogP contribution is 2.50. The van der Waals surface area contributed by atoms with E-state index in [1.807, 2.05) is 12.1 Å². The standard InChI is InChI=1S/C42H26O/c1-2-15-32-31(14-1)33-16-3-4-17-35(33)38-23-10-21-29(41(38)37-20-6-5-18-34(32)37)27-12-9-13-28(26-27)30-22-11-24-39-36-19-7-8-25-40(36)43-42(30)39/h1-26H. The van der Waals surface area contributed by atoms with Gasteiger partial charge in [-0.2, -0.15) is 0 Å². The Morgan fingerprint density at radius 2 is 0.744 bits per heavy atom. The number of rotatable bonds is 2. The van der Waals surface area contributed by atoms with Crippen molar-refractivity contribution in [2.75, 3.05) is 0 Å². The van der Waals surface area contributed by atoms with Gasteiger partial charge in [0.25, 0.3) is 0 Å². The van der Waals surface area contributed by atoms with Gasteiger partial charge in [-0.3, -0.25) is 0 Å². The van der Waals surface area contributed by atoms with E-state index in [2.05, 4.69) is 146 Å². The highest BCUT2D eigenvalue weighted by atomic mass is 16.3. The van der Waals surface area contributed by atoms with Gasteiger partial charge in [-0.15, -0.1) is 0 Å². The summed E-state index contributed by atoms with van der Waals surface area (Å²) in [5, 5.41) is 2.29. The van der Waals surface area contributed by atoms with E-state index in [9.17, 15) is 0 Å². The molecule has 200 valence electrons. The first kappa shape index (κ1) is 24.0. The fourth-order valence-electron chi connectivity index (χ4n) is 6.98. The summed E-state index contributed by atoms with van der Waals surface area (Å²) in [5.41, 5.74) is 16.6. The van der Waals surface area contributed by atoms with E-state index in [1.165, 1.54) is 55.6 Å². The second-order valence-electron chi connectivity index (χ2n) is 11.2. The topological polar surface area (TPSA) is 13.1 Å². The molecule has 0 saturated carbocycles. The average Bonchev–Trinajstić information content (AvgIpc) is 3.46. The molecular weight excluding hydrogens is 520 g/mol. The Morgan fingerprint density at radius 3 is 1.47 bits per heavy atom. The van der Waals surface area contributed by atoms with Crippen LogP contribution >= 0.6 is 0 Å². The molecule has 8 aromatic rings. The molecule has 0 unspecified atom stereocenters. The number of furan rings is 1. The molecule has 7 aromatic carbocycles. The fourth-order valence-corrected chi connectivity index (χ4v) is 6.98. The second kappa shape index (κ2) is 9.44. The van der Waals surface area contributed by atoms with Crippen LogP contribution in [-0.4, -0.2) is 0 Å². The molecule has 0 saturated heterocycles. The third-order valence-electron chi connectivity index (χ3n) is 8.87. The largest absolute Gasteiger partial charge is 0.455 e. The Hall–Kier alpha value is -5.66. The van der Waals surface area contributed by atoms with Crippen LogP contribution in [0.1, 0.15) is 0 Å². The van der Waals surface area contributed by atoms with Gasteiger partial charge in [-0.1, -0.05) is 146 Å². The van der Waals surface area contributed by atoms with E-state index in [-0.39, 0.29) is 0 Å². The van der Waals surface area contributed by atoms with Crippen molar-refractivity contribution in [3.05, 3.63) is 158 Å². The van der Waals surface area contributed by atoms with Crippen molar-refractivity contribution in [3.8, 4) is 66.8 Å². The fraction of sp³-hybridized carbons (Fsp3) is 0. The molecule has 0 N–H and O–H groups in total. The van der Waals surface area contributed by atoms with Gasteiger partial charge >= 0.3 is 0 Å². The Balaban J connectivity index is 1.31. The summed E-state index contributed by atoms with van der Waals surface area (Å²) in [7, 11) is 0. The monoisotopic (exact) mass is 546 g/mol. The predicted molar refractivity (Wildman–Crippen MR) is 180 cm³/mol. The Kier molecular flexibility index (Phi) is 5.27. The molecule has 1 heterocycles. The third kappa shape index (κ3) is 3.65. The molecule has 1 heteroatoms. The summed E-state index contributed by atoms with van der Waals surface area (Å²) in [4.78, 5) is 0. The van der Waals surface area contributed by atoms with Crippen molar-refractivity contribution < 1.29 is 4.42 Å². The molecule has 9 rings (SSSR count). The molecule has 1 aliphatic rings. The summed E-state index contributed by atoms with van der Waals surface area (Å²) < 4.78 is 6.42. The summed E-state index contributed by atoms with van der Waals surface area (Å²) in [6, 6.07) is 56.9. The number of hydrogen-bond acceptors (Lipinski definition) is 1. The third-order valence-corrected chi connectivity index (χ3v) is 8.87. The summed E-state index contributed by atoms with van der Waals surface area (Å²) in [6.45, 7) is 0. The smallest absolute Gasteiger partial charge is 0.143 e. The Labute approximate surface area is 250 Å². The highest BCUT2D eigenvalue weighted by Gasteiger charge is 2.24. The van der Waals surface area contributed by atoms with Crippen LogP contribution in [0.4, 0.5) is 0 Å². The van der Waals surface area contributed by atoms with Gasteiger partial charge in [-0.05, 0) is 73.3 Å². The van der Waals surface area contributed by atoms with Crippen LogP contribution in [0.25, 0.3) is 88.7 Å². The highest BCUT2D eigenvalue weighted by molar-refractivity contribution is 6.10. The molecule has 0 atom stereocenters. The zero-order chi connectivity index (χ0) is 28.3. The quantitative estimate of drug-likeness (QED) is 0.210. The van der Waals surface area contributed by atoms with E-state index >= 15 is 0 Å². The predicted octanol–water partition coefficient (Wildman–Crippen LogP) is 11.9. The minimum Gasteiger partial charge on any atom is -0.455 e. The maximum Gasteiger partial charge on any atom is 0.143 e. The van der Waals surface area contributed by atoms with E-state index in [0.29, 0.717) is 0 Å². The zero-order valence-corrected chi connectivity index (χ0v) is 23.4. The van der Waals surface area contributed by atoms with E-state index in [0.717, 1.165) is 33.1 Å². The number of hydrogen-bond donors (Lipinski definition) is 0. The van der Waals surface area contributed by atoms with Gasteiger partial charge in [0, 0.05) is 16.3 Å². The van der Waals surface area contributed by atoms with Crippen LogP contribution in [0.15, 0.2) is 162 Å². The van der Waals surface area contributed by atoms with Gasteiger partial charge < -0.3 is 4.42 Å². The molecule has 0 fully saturated rings. The molecule has 1 aliphatic carbocycles. The van der Waals surface area contributed by atoms with Gasteiger partial charge in [-0.25, -0.2) is 0 Å². The van der Waals surface area contributed by atoms with Crippen LogP contribution < -0.4 is 0 Å². The van der Waals surface area contributed by atoms with Crippen LogP contribution in [0.3, 0.4) is 0 Å². The number of para-hydroxylation sites is 2. The van der Waals surface area contributed by atoms with Gasteiger partial charge in [0.1, 0.15) is 11.2 Å². The number of fused-ring (bicyclic) bond motifs is 11. The van der Waals surface area contributed by atoms with Crippen molar-refractivity contribution in [2.24, 2.45) is 0 Å². The molecule has 0 bridgehead atoms. The van der Waals surface area contributed by atoms with Gasteiger partial charge in [0.05, 0.1) is 0 Å². The van der Waals surface area contributed by atoms with E-state index in [4.69, 9.17) is 4.42 Å². The lowest BCUT2D eigenvalue weighted by atomic mass is 9.78. The van der Waals surface area contributed by atoms with Crippen LogP contribution in [0, 0.1) is 0 Å². The normalized spacial score (nSPS) is 11.7. The summed E-state index contributed by atoms with van der Waals surface area (Å²) >= 11 is 0. The number of benzene rings is 7. The molecule has 0 spiro atoms. The van der Waals surface area contributed by atoms with Crippen molar-refractivity contribution in [1.29, 1.82) is 0 Å². The molecule has 1 aromatic heterocycles. The maximum absolute atomic E-state index is 6.42. The van der Waals surface area contributed by atoms with Crippen LogP contribution in [0.5, 0.6) is 0 Å². The lowest BCUT2D eigenvalue weighted by Gasteiger charge is -2.25. The van der Waals surface area contributed by atoms with Crippen molar-refractivity contribution in [1.82, 2.24) is 0 Å². The van der Waals surface area contributed by atoms with Crippen LogP contribution in [0.2, 0.25) is 0 Å². The van der Waals surface area contributed by atoms with Crippen molar-refractivity contribution in [2.45, 2.75) is 0 Å². The molecule has 0 aliphatic heterocycles. The first-order valence-electron chi connectivity index (χ1n) is 14.8. The summed E-state index contributed by atoms with van der Waals surface area (Å²) in [6.07, 6.45) is 0. The lowest BCUT2D eigenvalue weighted by molar-refractivity contribution is 0.670. The molecular formula is C42H26O. The first-order chi connectivity index (χ1) is 21.3. The molecule has 0 radical (unpaired) electrons. The summed E-state index contributed by atoms with van der Waals surface area (Å²) in [5.74, 6) is 0. The van der Waals surface area contributed by atoms with Gasteiger partial charge in [0.2, 0.25) is 0 Å². The molecule has 0 amide bonds.